The zero-order valence-electron chi connectivity index (χ0n) is 21.9. The molecule has 0 fully saturated rings. The summed E-state index contributed by atoms with van der Waals surface area (Å²) in [5, 5.41) is 1.29. The van der Waals surface area contributed by atoms with Gasteiger partial charge >= 0.3 is 0 Å². The van der Waals surface area contributed by atoms with Crippen molar-refractivity contribution in [2.45, 2.75) is 58.8 Å². The first-order valence-electron chi connectivity index (χ1n) is 12.7. The summed E-state index contributed by atoms with van der Waals surface area (Å²) in [5.41, 5.74) is 8.94. The standard InChI is InChI=1S/C22H24NO.C11H8N.Ir/c1-14-9-11-16(18-12-10-15(13-23-18)22(2,3)4)21-20(14)17-7-5-6-8-19(17)24-21;1-2-6-10(7-3-1)11-8-4-5-9-12-11;/h9-10,12-13H,5-8H2,1-4H3;1-6,8-9H;/q2*-1;. The summed E-state index contributed by atoms with van der Waals surface area (Å²) in [5.74, 6) is 1.17. The summed E-state index contributed by atoms with van der Waals surface area (Å²) < 4.78 is 6.28. The topological polar surface area (TPSA) is 38.9 Å². The van der Waals surface area contributed by atoms with E-state index >= 15 is 0 Å². The van der Waals surface area contributed by atoms with Crippen LogP contribution in [-0.4, -0.2) is 9.97 Å². The molecule has 0 saturated carbocycles. The first-order valence-corrected chi connectivity index (χ1v) is 12.7. The number of nitrogens with zero attached hydrogens (tertiary/aromatic N) is 2. The summed E-state index contributed by atoms with van der Waals surface area (Å²) in [6.07, 6.45) is 8.44. The summed E-state index contributed by atoms with van der Waals surface area (Å²) in [7, 11) is 0. The number of hydrogen-bond acceptors (Lipinski definition) is 3. The molecule has 0 atom stereocenters. The second kappa shape index (κ2) is 11.5. The van der Waals surface area contributed by atoms with E-state index in [-0.39, 0.29) is 25.5 Å². The van der Waals surface area contributed by atoms with Crippen LogP contribution in [0.3, 0.4) is 0 Å². The average molecular weight is 665 g/mol. The molecule has 3 heterocycles. The summed E-state index contributed by atoms with van der Waals surface area (Å²) in [4.78, 5) is 8.93. The molecule has 0 saturated heterocycles. The monoisotopic (exact) mass is 665 g/mol. The number of pyridine rings is 2. The number of hydrogen-bond donors (Lipinski definition) is 0. The molecule has 1 aliphatic carbocycles. The molecule has 0 amide bonds. The Balaban J connectivity index is 0.000000208. The van der Waals surface area contributed by atoms with Crippen molar-refractivity contribution < 1.29 is 24.5 Å². The fraction of sp³-hybridized carbons (Fsp3) is 0.273. The number of aryl methyl sites for hydroxylation is 3. The molecule has 5 aromatic rings. The molecule has 37 heavy (non-hydrogen) atoms. The minimum absolute atomic E-state index is 0. The number of benzene rings is 2. The van der Waals surface area contributed by atoms with Crippen LogP contribution in [0.1, 0.15) is 56.1 Å². The van der Waals surface area contributed by atoms with E-state index in [9.17, 15) is 0 Å². The third-order valence-corrected chi connectivity index (χ3v) is 6.76. The van der Waals surface area contributed by atoms with E-state index in [1.54, 1.807) is 6.20 Å². The van der Waals surface area contributed by atoms with Gasteiger partial charge in [0, 0.05) is 38.9 Å². The van der Waals surface area contributed by atoms with Gasteiger partial charge in [0.2, 0.25) is 0 Å². The maximum atomic E-state index is 6.28. The van der Waals surface area contributed by atoms with E-state index in [2.05, 4.69) is 63.0 Å². The van der Waals surface area contributed by atoms with E-state index in [1.807, 2.05) is 48.7 Å². The molecule has 1 radical (unpaired) electrons. The maximum absolute atomic E-state index is 6.28. The van der Waals surface area contributed by atoms with Crippen LogP contribution in [0.5, 0.6) is 0 Å². The first-order chi connectivity index (χ1) is 17.4. The molecule has 6 rings (SSSR count). The predicted molar refractivity (Wildman–Crippen MR) is 147 cm³/mol. The van der Waals surface area contributed by atoms with Gasteiger partial charge in [0.1, 0.15) is 0 Å². The van der Waals surface area contributed by atoms with Gasteiger partial charge in [-0.05, 0) is 53.3 Å². The Morgan fingerprint density at radius 3 is 2.35 bits per heavy atom. The number of furan rings is 1. The van der Waals surface area contributed by atoms with Crippen LogP contribution >= 0.6 is 0 Å². The van der Waals surface area contributed by atoms with Crippen LogP contribution in [0, 0.1) is 19.1 Å². The molecule has 1 aliphatic rings. The van der Waals surface area contributed by atoms with Gasteiger partial charge < -0.3 is 14.4 Å². The van der Waals surface area contributed by atoms with E-state index in [0.717, 1.165) is 40.9 Å². The maximum Gasteiger partial charge on any atom is 0.0930 e. The van der Waals surface area contributed by atoms with Gasteiger partial charge in [-0.15, -0.1) is 53.6 Å². The molecule has 2 aromatic carbocycles. The summed E-state index contributed by atoms with van der Waals surface area (Å²) >= 11 is 0. The molecule has 0 unspecified atom stereocenters. The van der Waals surface area contributed by atoms with Crippen molar-refractivity contribution in [1.29, 1.82) is 0 Å². The first kappa shape index (κ1) is 27.0. The average Bonchev–Trinajstić information content (AvgIpc) is 3.30. The minimum atomic E-state index is 0. The molecule has 0 N–H and O–H groups in total. The van der Waals surface area contributed by atoms with Crippen LogP contribution in [0.2, 0.25) is 0 Å². The van der Waals surface area contributed by atoms with Crippen molar-refractivity contribution in [2.75, 3.05) is 0 Å². The van der Waals surface area contributed by atoms with Crippen molar-refractivity contribution in [3.05, 3.63) is 108 Å². The number of aromatic nitrogens is 2. The van der Waals surface area contributed by atoms with E-state index < -0.39 is 0 Å². The Hall–Kier alpha value is -3.07. The van der Waals surface area contributed by atoms with Crippen LogP contribution in [0.4, 0.5) is 0 Å². The van der Waals surface area contributed by atoms with Gasteiger partial charge in [0.15, 0.2) is 0 Å². The Bertz CT molecular complexity index is 1410. The molecule has 3 aromatic heterocycles. The van der Waals surface area contributed by atoms with Gasteiger partial charge in [0.05, 0.1) is 11.3 Å². The fourth-order valence-corrected chi connectivity index (χ4v) is 4.73. The van der Waals surface area contributed by atoms with Crippen LogP contribution < -0.4 is 0 Å². The van der Waals surface area contributed by atoms with Crippen molar-refractivity contribution in [1.82, 2.24) is 9.97 Å². The summed E-state index contributed by atoms with van der Waals surface area (Å²) in [6.45, 7) is 8.78. The Kier molecular flexibility index (Phi) is 8.42. The van der Waals surface area contributed by atoms with Crippen molar-refractivity contribution >= 4 is 11.0 Å². The number of fused-ring (bicyclic) bond motifs is 3. The van der Waals surface area contributed by atoms with Crippen LogP contribution in [0.15, 0.2) is 77.5 Å². The zero-order chi connectivity index (χ0) is 25.1. The molecule has 0 aliphatic heterocycles. The molecule has 0 bridgehead atoms. The van der Waals surface area contributed by atoms with Crippen molar-refractivity contribution in [3.8, 4) is 22.5 Å². The van der Waals surface area contributed by atoms with Gasteiger partial charge in [-0.3, -0.25) is 0 Å². The Morgan fingerprint density at radius 1 is 0.865 bits per heavy atom. The number of rotatable bonds is 2. The van der Waals surface area contributed by atoms with Gasteiger partial charge in [-0.25, -0.2) is 0 Å². The van der Waals surface area contributed by atoms with Crippen LogP contribution in [-0.2, 0) is 38.4 Å². The van der Waals surface area contributed by atoms with Crippen molar-refractivity contribution in [2.24, 2.45) is 0 Å². The largest absolute Gasteiger partial charge is 0.505 e. The second-order valence-corrected chi connectivity index (χ2v) is 10.4. The van der Waals surface area contributed by atoms with E-state index in [0.29, 0.717) is 0 Å². The smallest absolute Gasteiger partial charge is 0.0930 e. The quantitative estimate of drug-likeness (QED) is 0.178. The van der Waals surface area contributed by atoms with Crippen LogP contribution in [0.25, 0.3) is 33.5 Å². The second-order valence-electron chi connectivity index (χ2n) is 10.4. The minimum Gasteiger partial charge on any atom is -0.505 e. The van der Waals surface area contributed by atoms with E-state index in [4.69, 9.17) is 9.40 Å². The van der Waals surface area contributed by atoms with Gasteiger partial charge in [-0.1, -0.05) is 62.9 Å². The molecular formula is C33H32IrN2O-2. The normalized spacial score (nSPS) is 12.8. The molecule has 3 nitrogen and oxygen atoms in total. The SMILES string of the molecule is Cc1c[c-]c(-c2ccc(C(C)(C)C)cn2)c2oc3c(c12)CCCC3.[Ir].[c-]1ccccc1-c1ccccn1. The van der Waals surface area contributed by atoms with E-state index in [1.165, 1.54) is 40.7 Å². The predicted octanol–water partition coefficient (Wildman–Crippen LogP) is 8.33. The third kappa shape index (κ3) is 5.92. The zero-order valence-corrected chi connectivity index (χ0v) is 24.3. The van der Waals surface area contributed by atoms with Gasteiger partial charge in [-0.2, -0.15) is 0 Å². The Morgan fingerprint density at radius 2 is 1.68 bits per heavy atom. The molecule has 0 spiro atoms. The fourth-order valence-electron chi connectivity index (χ4n) is 4.73. The molecule has 4 heteroatoms. The van der Waals surface area contributed by atoms with Gasteiger partial charge in [0.25, 0.3) is 0 Å². The molecule has 191 valence electrons. The van der Waals surface area contributed by atoms with Crippen molar-refractivity contribution in [3.63, 3.8) is 0 Å². The molecular weight excluding hydrogens is 633 g/mol. The Labute approximate surface area is 233 Å². The third-order valence-electron chi connectivity index (χ3n) is 6.76. The summed E-state index contributed by atoms with van der Waals surface area (Å²) in [6, 6.07) is 26.6.